The maximum Gasteiger partial charge on any atom is 0.295 e. The van der Waals surface area contributed by atoms with E-state index in [1.165, 1.54) is 0 Å². The number of benzene rings is 1. The number of carbonyl (C=O) groups excluding carboxylic acids is 2. The van der Waals surface area contributed by atoms with E-state index < -0.39 is 17.7 Å². The summed E-state index contributed by atoms with van der Waals surface area (Å²) in [4.78, 5) is 36.6. The molecule has 1 aliphatic rings. The lowest BCUT2D eigenvalue weighted by molar-refractivity contribution is -0.139. The number of hydrogen-bond donors (Lipinski definition) is 1. The molecule has 1 amide bonds. The SMILES string of the molecule is Cc1nc2ccccn2c1C(O)=C1C(=O)C(=O)N(CCCn2ccnc2)[C@H]1c1cccc(Br)c1. The first-order valence-corrected chi connectivity index (χ1v) is 11.7. The summed E-state index contributed by atoms with van der Waals surface area (Å²) in [6.07, 6.45) is 7.68. The van der Waals surface area contributed by atoms with E-state index >= 15 is 0 Å². The molecule has 1 saturated heterocycles. The van der Waals surface area contributed by atoms with E-state index in [1.54, 1.807) is 34.9 Å². The van der Waals surface area contributed by atoms with Gasteiger partial charge in [-0.15, -0.1) is 0 Å². The Kier molecular flexibility index (Phi) is 5.79. The first-order chi connectivity index (χ1) is 16.5. The normalized spacial score (nSPS) is 17.7. The van der Waals surface area contributed by atoms with Gasteiger partial charge in [0, 0.05) is 36.2 Å². The highest BCUT2D eigenvalue weighted by atomic mass is 79.9. The molecule has 4 heterocycles. The highest BCUT2D eigenvalue weighted by Gasteiger charge is 2.46. The number of aliphatic hydroxyl groups excluding tert-OH is 1. The average molecular weight is 520 g/mol. The molecule has 1 atom stereocenters. The molecule has 1 N–H and O–H groups in total. The maximum atomic E-state index is 13.3. The second kappa shape index (κ2) is 8.90. The van der Waals surface area contributed by atoms with Crippen LogP contribution >= 0.6 is 15.9 Å². The zero-order valence-electron chi connectivity index (χ0n) is 18.4. The number of amides is 1. The predicted octanol–water partition coefficient (Wildman–Crippen LogP) is 4.11. The summed E-state index contributed by atoms with van der Waals surface area (Å²) in [5.41, 5.74) is 2.44. The maximum absolute atomic E-state index is 13.3. The van der Waals surface area contributed by atoms with Crippen LogP contribution in [0.1, 0.15) is 29.4 Å². The molecule has 0 bridgehead atoms. The molecule has 0 saturated carbocycles. The Labute approximate surface area is 204 Å². The highest BCUT2D eigenvalue weighted by molar-refractivity contribution is 9.10. The fraction of sp³-hybridized carbons (Fsp3) is 0.200. The number of halogens is 1. The first kappa shape index (κ1) is 22.1. The van der Waals surface area contributed by atoms with Crippen LogP contribution in [0.2, 0.25) is 0 Å². The summed E-state index contributed by atoms with van der Waals surface area (Å²) in [6, 6.07) is 12.2. The van der Waals surface area contributed by atoms with Gasteiger partial charge in [-0.1, -0.05) is 34.1 Å². The van der Waals surface area contributed by atoms with Crippen molar-refractivity contribution < 1.29 is 14.7 Å². The van der Waals surface area contributed by atoms with Gasteiger partial charge in [0.2, 0.25) is 0 Å². The molecule has 8 nitrogen and oxygen atoms in total. The Morgan fingerprint density at radius 3 is 2.74 bits per heavy atom. The van der Waals surface area contributed by atoms with Crippen LogP contribution in [0.15, 0.2) is 77.4 Å². The number of nitrogens with zero attached hydrogens (tertiary/aromatic N) is 5. The Bertz CT molecular complexity index is 1420. The van der Waals surface area contributed by atoms with Gasteiger partial charge in [0.1, 0.15) is 11.3 Å². The molecule has 1 fully saturated rings. The number of fused-ring (bicyclic) bond motifs is 1. The van der Waals surface area contributed by atoms with Crippen molar-refractivity contribution in [3.05, 3.63) is 94.4 Å². The van der Waals surface area contributed by atoms with Crippen molar-refractivity contribution >= 4 is 39.0 Å². The van der Waals surface area contributed by atoms with Gasteiger partial charge in [0.05, 0.1) is 23.6 Å². The van der Waals surface area contributed by atoms with Gasteiger partial charge in [0.15, 0.2) is 5.76 Å². The second-order valence-corrected chi connectivity index (χ2v) is 9.09. The minimum atomic E-state index is -0.714. The molecule has 9 heteroatoms. The Morgan fingerprint density at radius 1 is 1.12 bits per heavy atom. The quantitative estimate of drug-likeness (QED) is 0.235. The molecule has 34 heavy (non-hydrogen) atoms. The minimum absolute atomic E-state index is 0.0690. The molecule has 0 radical (unpaired) electrons. The van der Waals surface area contributed by atoms with E-state index in [0.717, 1.165) is 10.0 Å². The summed E-state index contributed by atoms with van der Waals surface area (Å²) in [7, 11) is 0. The number of ketones is 1. The molecule has 0 aliphatic carbocycles. The molecule has 172 valence electrons. The number of aryl methyl sites for hydroxylation is 2. The largest absolute Gasteiger partial charge is 0.505 e. The Hall–Kier alpha value is -3.72. The van der Waals surface area contributed by atoms with Gasteiger partial charge in [-0.05, 0) is 43.2 Å². The predicted molar refractivity (Wildman–Crippen MR) is 130 cm³/mol. The fourth-order valence-corrected chi connectivity index (χ4v) is 4.92. The van der Waals surface area contributed by atoms with Crippen LogP contribution in [-0.2, 0) is 16.1 Å². The van der Waals surface area contributed by atoms with Gasteiger partial charge in [-0.25, -0.2) is 9.97 Å². The molecule has 4 aromatic rings. The van der Waals surface area contributed by atoms with Crippen molar-refractivity contribution in [2.24, 2.45) is 0 Å². The van der Waals surface area contributed by atoms with Crippen molar-refractivity contribution in [2.75, 3.05) is 6.54 Å². The van der Waals surface area contributed by atoms with Crippen molar-refractivity contribution in [3.63, 3.8) is 0 Å². The molecular weight excluding hydrogens is 498 g/mol. The number of aromatic nitrogens is 4. The number of likely N-dealkylation sites (tertiary alicyclic amines) is 1. The molecule has 1 aliphatic heterocycles. The summed E-state index contributed by atoms with van der Waals surface area (Å²) < 4.78 is 4.47. The monoisotopic (exact) mass is 519 g/mol. The minimum Gasteiger partial charge on any atom is -0.505 e. The standard InChI is InChI=1S/C25H22BrN5O3/c1-16-21(30-11-3-2-8-19(30)28-16)23(32)20-22(17-6-4-7-18(26)14-17)31(25(34)24(20)33)12-5-10-29-13-9-27-15-29/h2-4,6-9,11,13-15,22,32H,5,10,12H2,1H3/t22-/m0/s1. The van der Waals surface area contributed by atoms with Crippen LogP contribution in [0.5, 0.6) is 0 Å². The zero-order chi connectivity index (χ0) is 23.8. The number of Topliss-reactive ketones (excluding diaryl/α,β-unsaturated/α-hetero) is 1. The molecule has 0 unspecified atom stereocenters. The zero-order valence-corrected chi connectivity index (χ0v) is 20.0. The van der Waals surface area contributed by atoms with Crippen LogP contribution in [0.3, 0.4) is 0 Å². The lowest BCUT2D eigenvalue weighted by atomic mass is 9.96. The van der Waals surface area contributed by atoms with Crippen molar-refractivity contribution in [2.45, 2.75) is 25.9 Å². The number of aliphatic hydroxyl groups is 1. The van der Waals surface area contributed by atoms with E-state index in [1.807, 2.05) is 53.2 Å². The van der Waals surface area contributed by atoms with E-state index in [9.17, 15) is 14.7 Å². The first-order valence-electron chi connectivity index (χ1n) is 10.9. The molecular formula is C25H22BrN5O3. The third-order valence-corrected chi connectivity index (χ3v) is 6.50. The summed E-state index contributed by atoms with van der Waals surface area (Å²) in [6.45, 7) is 2.78. The van der Waals surface area contributed by atoms with Crippen molar-refractivity contribution in [1.82, 2.24) is 23.8 Å². The van der Waals surface area contributed by atoms with Crippen molar-refractivity contribution in [3.8, 4) is 0 Å². The Morgan fingerprint density at radius 2 is 1.97 bits per heavy atom. The number of pyridine rings is 1. The average Bonchev–Trinajstić information content (AvgIpc) is 3.51. The molecule has 1 aromatic carbocycles. The van der Waals surface area contributed by atoms with E-state index in [-0.39, 0.29) is 11.3 Å². The molecule has 0 spiro atoms. The van der Waals surface area contributed by atoms with Gasteiger partial charge < -0.3 is 14.6 Å². The number of hydrogen-bond acceptors (Lipinski definition) is 5. The van der Waals surface area contributed by atoms with Crippen LogP contribution in [0.25, 0.3) is 11.4 Å². The topological polar surface area (TPSA) is 92.7 Å². The van der Waals surface area contributed by atoms with Crippen LogP contribution < -0.4 is 0 Å². The molecule has 5 rings (SSSR count). The van der Waals surface area contributed by atoms with Gasteiger partial charge >= 0.3 is 0 Å². The lowest BCUT2D eigenvalue weighted by Gasteiger charge is -2.25. The van der Waals surface area contributed by atoms with Gasteiger partial charge in [-0.2, -0.15) is 0 Å². The number of carbonyl (C=O) groups is 2. The summed E-state index contributed by atoms with van der Waals surface area (Å²) >= 11 is 3.49. The lowest BCUT2D eigenvalue weighted by Crippen LogP contribution is -2.31. The van der Waals surface area contributed by atoms with E-state index in [4.69, 9.17) is 0 Å². The molecule has 3 aromatic heterocycles. The third-order valence-electron chi connectivity index (χ3n) is 6.01. The van der Waals surface area contributed by atoms with Gasteiger partial charge in [-0.3, -0.25) is 14.0 Å². The Balaban J connectivity index is 1.61. The van der Waals surface area contributed by atoms with Crippen LogP contribution in [-0.4, -0.2) is 47.2 Å². The van der Waals surface area contributed by atoms with E-state index in [0.29, 0.717) is 36.5 Å². The van der Waals surface area contributed by atoms with Crippen LogP contribution in [0, 0.1) is 6.92 Å². The fourth-order valence-electron chi connectivity index (χ4n) is 4.50. The third kappa shape index (κ3) is 3.81. The second-order valence-electron chi connectivity index (χ2n) is 8.18. The van der Waals surface area contributed by atoms with Gasteiger partial charge in [0.25, 0.3) is 11.7 Å². The number of imidazole rings is 2. The number of rotatable bonds is 6. The van der Waals surface area contributed by atoms with E-state index in [2.05, 4.69) is 25.9 Å². The van der Waals surface area contributed by atoms with Crippen LogP contribution in [0.4, 0.5) is 0 Å². The summed E-state index contributed by atoms with van der Waals surface area (Å²) in [5.74, 6) is -1.55. The smallest absolute Gasteiger partial charge is 0.295 e. The summed E-state index contributed by atoms with van der Waals surface area (Å²) in [5, 5.41) is 11.5. The van der Waals surface area contributed by atoms with Crippen molar-refractivity contribution in [1.29, 1.82) is 0 Å². The highest BCUT2D eigenvalue weighted by Crippen LogP contribution is 2.40.